The number of halogens is 3. The van der Waals surface area contributed by atoms with E-state index in [1.807, 2.05) is 0 Å². The highest BCUT2D eigenvalue weighted by molar-refractivity contribution is 6.43. The zero-order valence-corrected chi connectivity index (χ0v) is 13.8. The predicted octanol–water partition coefficient (Wildman–Crippen LogP) is 3.84. The molecule has 0 radical (unpaired) electrons. The number of carbonyl (C=O) groups is 2. The van der Waals surface area contributed by atoms with E-state index in [1.54, 1.807) is 0 Å². The summed E-state index contributed by atoms with van der Waals surface area (Å²) < 4.78 is 18.3. The number of nitrogens with zero attached hydrogens (tertiary/aromatic N) is 1. The molecule has 0 atom stereocenters. The summed E-state index contributed by atoms with van der Waals surface area (Å²) in [5.74, 6) is -2.66. The van der Waals surface area contributed by atoms with Crippen LogP contribution in [0.2, 0.25) is 10.0 Å². The summed E-state index contributed by atoms with van der Waals surface area (Å²) in [5, 5.41) is 12.9. The molecule has 0 saturated carbocycles. The van der Waals surface area contributed by atoms with Gasteiger partial charge in [-0.2, -0.15) is 0 Å². The molecule has 1 N–H and O–H groups in total. The summed E-state index contributed by atoms with van der Waals surface area (Å²) in [6.07, 6.45) is 0. The number of esters is 1. The van der Waals surface area contributed by atoms with Crippen molar-refractivity contribution in [2.24, 2.45) is 0 Å². The number of ether oxygens (including phenoxy) is 1. The van der Waals surface area contributed by atoms with Crippen LogP contribution in [-0.4, -0.2) is 23.4 Å². The van der Waals surface area contributed by atoms with Crippen molar-refractivity contribution < 1.29 is 23.6 Å². The number of nitro benzene ring substituents is 1. The largest absolute Gasteiger partial charge is 0.452 e. The van der Waals surface area contributed by atoms with Crippen LogP contribution in [0.5, 0.6) is 0 Å². The average Bonchev–Trinajstić information content (AvgIpc) is 2.57. The number of rotatable bonds is 5. The minimum absolute atomic E-state index is 0.0284. The Bertz CT molecular complexity index is 860. The van der Waals surface area contributed by atoms with E-state index in [2.05, 4.69) is 5.32 Å². The van der Waals surface area contributed by atoms with Crippen molar-refractivity contribution in [2.75, 3.05) is 11.9 Å². The molecular weight excluding hydrogens is 378 g/mol. The van der Waals surface area contributed by atoms with Crippen LogP contribution >= 0.6 is 23.2 Å². The quantitative estimate of drug-likeness (QED) is 0.478. The molecule has 2 rings (SSSR count). The maximum absolute atomic E-state index is 13.6. The molecule has 0 aliphatic rings. The highest BCUT2D eigenvalue weighted by Gasteiger charge is 2.17. The Balaban J connectivity index is 2.01. The van der Waals surface area contributed by atoms with Crippen molar-refractivity contribution in [1.29, 1.82) is 0 Å². The molecule has 25 heavy (non-hydrogen) atoms. The van der Waals surface area contributed by atoms with Crippen LogP contribution < -0.4 is 5.32 Å². The normalized spacial score (nSPS) is 10.2. The summed E-state index contributed by atoms with van der Waals surface area (Å²) in [6.45, 7) is -0.746. The lowest BCUT2D eigenvalue weighted by molar-refractivity contribution is -0.384. The molecule has 0 aromatic heterocycles. The van der Waals surface area contributed by atoms with E-state index in [-0.39, 0.29) is 15.6 Å². The summed E-state index contributed by atoms with van der Waals surface area (Å²) in [6, 6.07) is 6.94. The Morgan fingerprint density at radius 2 is 1.96 bits per heavy atom. The topological polar surface area (TPSA) is 98.5 Å². The van der Waals surface area contributed by atoms with Gasteiger partial charge in [0.05, 0.1) is 26.2 Å². The second-order valence-electron chi connectivity index (χ2n) is 4.65. The molecule has 0 fully saturated rings. The van der Waals surface area contributed by atoms with Gasteiger partial charge in [0.25, 0.3) is 11.6 Å². The van der Waals surface area contributed by atoms with Crippen LogP contribution in [0.15, 0.2) is 36.4 Å². The lowest BCUT2D eigenvalue weighted by Crippen LogP contribution is -2.21. The molecule has 2 aromatic carbocycles. The third-order valence-electron chi connectivity index (χ3n) is 2.94. The first-order valence-electron chi connectivity index (χ1n) is 6.64. The molecule has 0 aliphatic heterocycles. The van der Waals surface area contributed by atoms with Crippen molar-refractivity contribution in [2.45, 2.75) is 0 Å². The van der Waals surface area contributed by atoms with E-state index in [4.69, 9.17) is 27.9 Å². The zero-order chi connectivity index (χ0) is 18.6. The predicted molar refractivity (Wildman–Crippen MR) is 88.4 cm³/mol. The minimum Gasteiger partial charge on any atom is -0.452 e. The van der Waals surface area contributed by atoms with Gasteiger partial charge in [-0.25, -0.2) is 9.18 Å². The molecule has 0 unspecified atom stereocenters. The van der Waals surface area contributed by atoms with E-state index in [0.717, 1.165) is 18.2 Å². The maximum atomic E-state index is 13.6. The zero-order valence-electron chi connectivity index (χ0n) is 12.3. The van der Waals surface area contributed by atoms with Gasteiger partial charge in [-0.1, -0.05) is 29.3 Å². The van der Waals surface area contributed by atoms with Crippen LogP contribution in [0.3, 0.4) is 0 Å². The van der Waals surface area contributed by atoms with Crippen LogP contribution in [0.4, 0.5) is 15.8 Å². The monoisotopic (exact) mass is 386 g/mol. The number of non-ortho nitro benzene ring substituents is 1. The Labute approximate surface area is 150 Å². The van der Waals surface area contributed by atoms with Gasteiger partial charge < -0.3 is 10.1 Å². The highest BCUT2D eigenvalue weighted by atomic mass is 35.5. The van der Waals surface area contributed by atoms with E-state index in [1.165, 1.54) is 18.2 Å². The smallest absolute Gasteiger partial charge is 0.340 e. The third kappa shape index (κ3) is 4.65. The summed E-state index contributed by atoms with van der Waals surface area (Å²) >= 11 is 11.6. The Kier molecular flexibility index (Phi) is 5.89. The van der Waals surface area contributed by atoms with E-state index in [0.29, 0.717) is 0 Å². The standard InChI is InChI=1S/C15H9Cl2FN2O5/c16-10-3-1-2-9(14(10)17)15(22)25-7-13(21)19-12-6-8(20(23)24)4-5-11(12)18/h1-6H,7H2,(H,19,21). The molecular formula is C15H9Cl2FN2O5. The summed E-state index contributed by atoms with van der Waals surface area (Å²) in [5.41, 5.74) is -0.848. The average molecular weight is 387 g/mol. The van der Waals surface area contributed by atoms with Crippen LogP contribution in [-0.2, 0) is 9.53 Å². The third-order valence-corrected chi connectivity index (χ3v) is 3.76. The van der Waals surface area contributed by atoms with Gasteiger partial charge >= 0.3 is 5.97 Å². The van der Waals surface area contributed by atoms with Crippen molar-refractivity contribution >= 4 is 46.5 Å². The first kappa shape index (κ1) is 18.6. The molecule has 0 saturated heterocycles. The van der Waals surface area contributed by atoms with Crippen LogP contribution in [0, 0.1) is 15.9 Å². The fourth-order valence-electron chi connectivity index (χ4n) is 1.78. The van der Waals surface area contributed by atoms with Gasteiger partial charge in [0.1, 0.15) is 5.82 Å². The number of benzene rings is 2. The van der Waals surface area contributed by atoms with Crippen LogP contribution in [0.1, 0.15) is 10.4 Å². The molecule has 130 valence electrons. The minimum atomic E-state index is -0.901. The Morgan fingerprint density at radius 3 is 2.64 bits per heavy atom. The van der Waals surface area contributed by atoms with Crippen molar-refractivity contribution in [3.63, 3.8) is 0 Å². The number of nitrogens with one attached hydrogen (secondary N) is 1. The number of hydrogen-bond acceptors (Lipinski definition) is 5. The molecule has 1 amide bonds. The molecule has 0 heterocycles. The van der Waals surface area contributed by atoms with Crippen LogP contribution in [0.25, 0.3) is 0 Å². The maximum Gasteiger partial charge on any atom is 0.340 e. The molecule has 0 spiro atoms. The molecule has 2 aromatic rings. The first-order chi connectivity index (χ1) is 11.8. The lowest BCUT2D eigenvalue weighted by atomic mass is 10.2. The second kappa shape index (κ2) is 7.91. The van der Waals surface area contributed by atoms with Crippen molar-refractivity contribution in [3.05, 3.63) is 67.9 Å². The van der Waals surface area contributed by atoms with Gasteiger partial charge in [-0.3, -0.25) is 14.9 Å². The van der Waals surface area contributed by atoms with Crippen molar-refractivity contribution in [1.82, 2.24) is 0 Å². The highest BCUT2D eigenvalue weighted by Crippen LogP contribution is 2.26. The molecule has 10 heteroatoms. The Hall–Kier alpha value is -2.71. The number of nitro groups is 1. The number of carbonyl (C=O) groups excluding carboxylic acids is 2. The molecule has 0 aliphatic carbocycles. The van der Waals surface area contributed by atoms with E-state index >= 15 is 0 Å². The van der Waals surface area contributed by atoms with Crippen molar-refractivity contribution in [3.8, 4) is 0 Å². The molecule has 7 nitrogen and oxygen atoms in total. The summed E-state index contributed by atoms with van der Waals surface area (Å²) in [7, 11) is 0. The molecule has 0 bridgehead atoms. The van der Waals surface area contributed by atoms with Gasteiger partial charge in [0.2, 0.25) is 0 Å². The fourth-order valence-corrected chi connectivity index (χ4v) is 2.16. The Morgan fingerprint density at radius 1 is 1.24 bits per heavy atom. The SMILES string of the molecule is O=C(COC(=O)c1cccc(Cl)c1Cl)Nc1cc([N+](=O)[O-])ccc1F. The second-order valence-corrected chi connectivity index (χ2v) is 5.43. The number of amides is 1. The lowest BCUT2D eigenvalue weighted by Gasteiger charge is -2.08. The van der Waals surface area contributed by atoms with E-state index < -0.39 is 40.6 Å². The van der Waals surface area contributed by atoms with Gasteiger partial charge in [0.15, 0.2) is 6.61 Å². The van der Waals surface area contributed by atoms with Gasteiger partial charge in [0, 0.05) is 12.1 Å². The summed E-state index contributed by atoms with van der Waals surface area (Å²) in [4.78, 5) is 33.5. The first-order valence-corrected chi connectivity index (χ1v) is 7.40. The van der Waals surface area contributed by atoms with Gasteiger partial charge in [-0.15, -0.1) is 0 Å². The van der Waals surface area contributed by atoms with Gasteiger partial charge in [-0.05, 0) is 18.2 Å². The number of anilines is 1. The number of hydrogen-bond donors (Lipinski definition) is 1. The fraction of sp³-hybridized carbons (Fsp3) is 0.0667. The van der Waals surface area contributed by atoms with E-state index in [9.17, 15) is 24.1 Å².